The Morgan fingerprint density at radius 3 is 2.89 bits per heavy atom. The molecule has 0 radical (unpaired) electrons. The molecule has 7 nitrogen and oxygen atoms in total. The van der Waals surface area contributed by atoms with Gasteiger partial charge >= 0.3 is 0 Å². The maximum atomic E-state index is 10.7. The van der Waals surface area contributed by atoms with E-state index in [0.29, 0.717) is 17.1 Å². The molecule has 0 aliphatic heterocycles. The number of aryl methyl sites for hydroxylation is 1. The van der Waals surface area contributed by atoms with Crippen molar-refractivity contribution in [3.63, 3.8) is 0 Å². The van der Waals surface area contributed by atoms with Crippen LogP contribution in [0.15, 0.2) is 24.5 Å². The Morgan fingerprint density at radius 1 is 1.53 bits per heavy atom. The topological polar surface area (TPSA) is 83.1 Å². The van der Waals surface area contributed by atoms with Crippen LogP contribution in [-0.2, 0) is 19.5 Å². The second kappa shape index (κ2) is 5.66. The lowest BCUT2D eigenvalue weighted by molar-refractivity contribution is -0.384. The highest BCUT2D eigenvalue weighted by atomic mass is 35.5. The zero-order chi connectivity index (χ0) is 13.8. The third-order valence-corrected chi connectivity index (χ3v) is 2.85. The summed E-state index contributed by atoms with van der Waals surface area (Å²) in [6, 6.07) is 4.31. The van der Waals surface area contributed by atoms with Crippen LogP contribution in [0.25, 0.3) is 0 Å². The van der Waals surface area contributed by atoms with Gasteiger partial charge in [-0.2, -0.15) is 5.10 Å². The van der Waals surface area contributed by atoms with Gasteiger partial charge in [-0.15, -0.1) is 11.6 Å². The molecule has 0 bridgehead atoms. The first kappa shape index (κ1) is 13.3. The van der Waals surface area contributed by atoms with Crippen LogP contribution in [0.5, 0.6) is 5.75 Å². The number of ether oxygens (including phenoxy) is 1. The lowest BCUT2D eigenvalue weighted by Gasteiger charge is -2.09. The molecule has 19 heavy (non-hydrogen) atoms. The number of halogens is 1. The van der Waals surface area contributed by atoms with Gasteiger partial charge in [0.1, 0.15) is 18.7 Å². The number of rotatable bonds is 5. The lowest BCUT2D eigenvalue weighted by Crippen LogP contribution is -2.05. The largest absolute Gasteiger partial charge is 0.485 e. The highest BCUT2D eigenvalue weighted by Crippen LogP contribution is 2.26. The van der Waals surface area contributed by atoms with Gasteiger partial charge in [0.15, 0.2) is 5.82 Å². The molecule has 0 unspecified atom stereocenters. The minimum Gasteiger partial charge on any atom is -0.485 e. The molecular formula is C11H11ClN4O3. The summed E-state index contributed by atoms with van der Waals surface area (Å²) in [6.45, 7) is 0.220. The average molecular weight is 283 g/mol. The minimum absolute atomic E-state index is 0.0124. The van der Waals surface area contributed by atoms with E-state index in [9.17, 15) is 10.1 Å². The quantitative estimate of drug-likeness (QED) is 0.476. The van der Waals surface area contributed by atoms with Crippen LogP contribution >= 0.6 is 11.6 Å². The van der Waals surface area contributed by atoms with Gasteiger partial charge in [0.25, 0.3) is 5.69 Å². The van der Waals surface area contributed by atoms with E-state index in [1.165, 1.54) is 24.5 Å². The fourth-order valence-electron chi connectivity index (χ4n) is 1.52. The number of nitro groups is 1. The van der Waals surface area contributed by atoms with Crippen LogP contribution in [0.1, 0.15) is 11.4 Å². The third kappa shape index (κ3) is 3.00. The van der Waals surface area contributed by atoms with E-state index in [-0.39, 0.29) is 18.2 Å². The number of nitrogens with zero attached hydrogens (tertiary/aromatic N) is 4. The van der Waals surface area contributed by atoms with E-state index in [2.05, 4.69) is 10.1 Å². The minimum atomic E-state index is -0.470. The first-order valence-corrected chi connectivity index (χ1v) is 5.94. The summed E-state index contributed by atoms with van der Waals surface area (Å²) >= 11 is 5.76. The zero-order valence-electron chi connectivity index (χ0n) is 10.1. The smallest absolute Gasteiger partial charge is 0.270 e. The van der Waals surface area contributed by atoms with Crippen LogP contribution in [0.3, 0.4) is 0 Å². The average Bonchev–Trinajstić information content (AvgIpc) is 2.81. The SMILES string of the molecule is Cn1ncnc1COc1ccc([N+](=O)[O-])cc1CCl. The first-order chi connectivity index (χ1) is 9.11. The molecule has 0 aliphatic carbocycles. The summed E-state index contributed by atoms with van der Waals surface area (Å²) in [5.74, 6) is 1.29. The summed E-state index contributed by atoms with van der Waals surface area (Å²) in [6.07, 6.45) is 1.43. The van der Waals surface area contributed by atoms with Gasteiger partial charge in [0.2, 0.25) is 0 Å². The first-order valence-electron chi connectivity index (χ1n) is 5.40. The molecule has 0 aliphatic rings. The molecule has 1 aromatic heterocycles. The second-order valence-corrected chi connectivity index (χ2v) is 4.04. The van der Waals surface area contributed by atoms with Gasteiger partial charge in [-0.1, -0.05) is 0 Å². The summed E-state index contributed by atoms with van der Waals surface area (Å²) in [4.78, 5) is 14.2. The van der Waals surface area contributed by atoms with Crippen LogP contribution in [0.2, 0.25) is 0 Å². The van der Waals surface area contributed by atoms with Crippen molar-refractivity contribution in [1.82, 2.24) is 14.8 Å². The Morgan fingerprint density at radius 2 is 2.32 bits per heavy atom. The van der Waals surface area contributed by atoms with Crippen molar-refractivity contribution in [1.29, 1.82) is 0 Å². The lowest BCUT2D eigenvalue weighted by atomic mass is 10.2. The monoisotopic (exact) mass is 282 g/mol. The summed E-state index contributed by atoms with van der Waals surface area (Å²) in [7, 11) is 1.75. The molecule has 1 aromatic carbocycles. The molecule has 0 saturated carbocycles. The van der Waals surface area contributed by atoms with Crippen molar-refractivity contribution in [3.8, 4) is 5.75 Å². The molecule has 0 fully saturated rings. The molecular weight excluding hydrogens is 272 g/mol. The van der Waals surface area contributed by atoms with E-state index >= 15 is 0 Å². The summed E-state index contributed by atoms with van der Waals surface area (Å²) < 4.78 is 7.15. The Balaban J connectivity index is 2.16. The fourth-order valence-corrected chi connectivity index (χ4v) is 1.73. The van der Waals surface area contributed by atoms with Gasteiger partial charge in [0, 0.05) is 24.7 Å². The highest BCUT2D eigenvalue weighted by Gasteiger charge is 2.12. The molecule has 2 aromatic rings. The van der Waals surface area contributed by atoms with Crippen LogP contribution in [0, 0.1) is 10.1 Å². The van der Waals surface area contributed by atoms with E-state index in [1.54, 1.807) is 11.7 Å². The Hall–Kier alpha value is -2.15. The van der Waals surface area contributed by atoms with Crippen molar-refractivity contribution >= 4 is 17.3 Å². The Bertz CT molecular complexity index is 599. The predicted molar refractivity (Wildman–Crippen MR) is 68.0 cm³/mol. The van der Waals surface area contributed by atoms with Crippen molar-refractivity contribution in [3.05, 3.63) is 46.0 Å². The summed E-state index contributed by atoms with van der Waals surface area (Å²) in [5, 5.41) is 14.6. The van der Waals surface area contributed by atoms with Crippen molar-refractivity contribution in [2.75, 3.05) is 0 Å². The number of non-ortho nitro benzene ring substituents is 1. The van der Waals surface area contributed by atoms with E-state index in [1.807, 2.05) is 0 Å². The predicted octanol–water partition coefficient (Wildman–Crippen LogP) is 2.04. The zero-order valence-corrected chi connectivity index (χ0v) is 10.9. The van der Waals surface area contributed by atoms with Crippen molar-refractivity contribution in [2.24, 2.45) is 7.05 Å². The summed E-state index contributed by atoms with van der Waals surface area (Å²) in [5.41, 5.74) is 0.555. The van der Waals surface area contributed by atoms with E-state index < -0.39 is 4.92 Å². The van der Waals surface area contributed by atoms with Crippen molar-refractivity contribution < 1.29 is 9.66 Å². The van der Waals surface area contributed by atoms with E-state index in [0.717, 1.165) is 0 Å². The van der Waals surface area contributed by atoms with Gasteiger partial charge in [-0.25, -0.2) is 4.98 Å². The number of nitro benzene ring substituents is 1. The second-order valence-electron chi connectivity index (χ2n) is 3.77. The number of alkyl halides is 1. The molecule has 0 N–H and O–H groups in total. The Kier molecular flexibility index (Phi) is 3.96. The molecule has 0 saturated heterocycles. The maximum absolute atomic E-state index is 10.7. The number of hydrogen-bond acceptors (Lipinski definition) is 5. The van der Waals surface area contributed by atoms with Crippen LogP contribution in [0.4, 0.5) is 5.69 Å². The molecule has 2 rings (SSSR count). The number of aromatic nitrogens is 3. The number of hydrogen-bond donors (Lipinski definition) is 0. The maximum Gasteiger partial charge on any atom is 0.270 e. The molecule has 8 heteroatoms. The highest BCUT2D eigenvalue weighted by molar-refractivity contribution is 6.17. The normalized spacial score (nSPS) is 10.4. The van der Waals surface area contributed by atoms with Crippen molar-refractivity contribution in [2.45, 2.75) is 12.5 Å². The van der Waals surface area contributed by atoms with E-state index in [4.69, 9.17) is 16.3 Å². The standard InChI is InChI=1S/C11H11ClN4O3/c1-15-11(13-7-14-15)6-19-10-3-2-9(16(17)18)4-8(10)5-12/h2-4,7H,5-6H2,1H3. The molecule has 0 amide bonds. The number of benzene rings is 1. The Labute approximate surface area is 113 Å². The molecule has 1 heterocycles. The van der Waals surface area contributed by atoms with Crippen LogP contribution in [-0.4, -0.2) is 19.7 Å². The van der Waals surface area contributed by atoms with Gasteiger partial charge < -0.3 is 4.74 Å². The molecule has 0 spiro atoms. The van der Waals surface area contributed by atoms with Crippen LogP contribution < -0.4 is 4.74 Å². The third-order valence-electron chi connectivity index (χ3n) is 2.56. The molecule has 100 valence electrons. The fraction of sp³-hybridized carbons (Fsp3) is 0.273. The van der Waals surface area contributed by atoms with Gasteiger partial charge in [-0.3, -0.25) is 14.8 Å². The molecule has 0 atom stereocenters. The van der Waals surface area contributed by atoms with Gasteiger partial charge in [0.05, 0.1) is 10.8 Å². The van der Waals surface area contributed by atoms with Gasteiger partial charge in [-0.05, 0) is 6.07 Å².